The molecule has 0 spiro atoms. The van der Waals surface area contributed by atoms with Gasteiger partial charge in [0.05, 0.1) is 0 Å². The minimum atomic E-state index is 0.268. The third-order valence-corrected chi connectivity index (χ3v) is 3.72. The molecule has 0 radical (unpaired) electrons. The van der Waals surface area contributed by atoms with E-state index in [2.05, 4.69) is 43.4 Å². The second kappa shape index (κ2) is 7.48. The molecule has 0 bridgehead atoms. The summed E-state index contributed by atoms with van der Waals surface area (Å²) in [6.45, 7) is 5.03. The highest BCUT2D eigenvalue weighted by atomic mass is 35.5. The number of hydrogen-bond acceptors (Lipinski definition) is 2. The monoisotopic (exact) mass is 303 g/mol. The molecule has 0 saturated heterocycles. The van der Waals surface area contributed by atoms with Gasteiger partial charge < -0.3 is 10.4 Å². The van der Waals surface area contributed by atoms with Gasteiger partial charge in [0, 0.05) is 23.2 Å². The second-order valence-corrected chi connectivity index (χ2v) is 6.18. The van der Waals surface area contributed by atoms with Gasteiger partial charge in [-0.1, -0.05) is 55.8 Å². The molecule has 0 aliphatic heterocycles. The topological polar surface area (TPSA) is 32.3 Å². The van der Waals surface area contributed by atoms with Crippen molar-refractivity contribution in [3.8, 4) is 5.75 Å². The van der Waals surface area contributed by atoms with Gasteiger partial charge in [-0.05, 0) is 36.1 Å². The fourth-order valence-corrected chi connectivity index (χ4v) is 2.62. The summed E-state index contributed by atoms with van der Waals surface area (Å²) in [6.07, 6.45) is 1.05. The van der Waals surface area contributed by atoms with E-state index in [0.717, 1.165) is 12.0 Å². The summed E-state index contributed by atoms with van der Waals surface area (Å²) >= 11 is 5.99. The minimum Gasteiger partial charge on any atom is -0.508 e. The first kappa shape index (κ1) is 15.9. The molecule has 3 heteroatoms. The van der Waals surface area contributed by atoms with E-state index < -0.39 is 0 Å². The van der Waals surface area contributed by atoms with Crippen LogP contribution in [0.3, 0.4) is 0 Å². The highest BCUT2D eigenvalue weighted by molar-refractivity contribution is 6.30. The van der Waals surface area contributed by atoms with Crippen molar-refractivity contribution < 1.29 is 5.11 Å². The average Bonchev–Trinajstić information content (AvgIpc) is 2.47. The van der Waals surface area contributed by atoms with E-state index in [9.17, 15) is 5.11 Å². The van der Waals surface area contributed by atoms with Gasteiger partial charge in [-0.2, -0.15) is 0 Å². The molecule has 2 aromatic carbocycles. The highest BCUT2D eigenvalue weighted by Gasteiger charge is 2.13. The van der Waals surface area contributed by atoms with Gasteiger partial charge in [-0.25, -0.2) is 0 Å². The Hall–Kier alpha value is -1.51. The van der Waals surface area contributed by atoms with E-state index in [1.54, 1.807) is 18.2 Å². The fourth-order valence-electron chi connectivity index (χ4n) is 2.42. The molecule has 0 saturated carbocycles. The van der Waals surface area contributed by atoms with Crippen molar-refractivity contribution in [1.29, 1.82) is 0 Å². The average molecular weight is 304 g/mol. The largest absolute Gasteiger partial charge is 0.508 e. The van der Waals surface area contributed by atoms with Crippen LogP contribution >= 0.6 is 11.6 Å². The first-order chi connectivity index (χ1) is 10.1. The van der Waals surface area contributed by atoms with Crippen LogP contribution in [0, 0.1) is 5.92 Å². The molecule has 2 rings (SSSR count). The molecule has 1 atom stereocenters. The number of hydrogen-bond donors (Lipinski definition) is 2. The van der Waals surface area contributed by atoms with E-state index >= 15 is 0 Å². The zero-order chi connectivity index (χ0) is 15.2. The SMILES string of the molecule is CC(C)CC(NCc1cc(Cl)ccc1O)c1ccccc1. The molecule has 0 heterocycles. The maximum atomic E-state index is 9.90. The van der Waals surface area contributed by atoms with E-state index in [0.29, 0.717) is 17.5 Å². The van der Waals surface area contributed by atoms with E-state index in [1.807, 2.05) is 6.07 Å². The third kappa shape index (κ3) is 4.76. The van der Waals surface area contributed by atoms with Gasteiger partial charge in [-0.15, -0.1) is 0 Å². The maximum absolute atomic E-state index is 9.90. The van der Waals surface area contributed by atoms with Crippen LogP contribution in [0.25, 0.3) is 0 Å². The van der Waals surface area contributed by atoms with Gasteiger partial charge in [0.15, 0.2) is 0 Å². The number of phenolic OH excluding ortho intramolecular Hbond substituents is 1. The molecule has 0 aromatic heterocycles. The zero-order valence-corrected chi connectivity index (χ0v) is 13.3. The predicted octanol–water partition coefficient (Wildman–Crippen LogP) is 4.92. The van der Waals surface area contributed by atoms with Gasteiger partial charge in [0.2, 0.25) is 0 Å². The van der Waals surface area contributed by atoms with Crippen LogP contribution in [-0.4, -0.2) is 5.11 Å². The smallest absolute Gasteiger partial charge is 0.120 e. The van der Waals surface area contributed by atoms with Crippen molar-refractivity contribution in [2.24, 2.45) is 5.92 Å². The number of aromatic hydroxyl groups is 1. The Balaban J connectivity index is 2.10. The lowest BCUT2D eigenvalue weighted by Gasteiger charge is -2.21. The Bertz CT molecular complexity index is 569. The summed E-state index contributed by atoms with van der Waals surface area (Å²) in [5, 5.41) is 14.1. The molecular formula is C18H22ClNO. The van der Waals surface area contributed by atoms with E-state index in [-0.39, 0.29) is 11.8 Å². The summed E-state index contributed by atoms with van der Waals surface area (Å²) in [6, 6.07) is 15.8. The van der Waals surface area contributed by atoms with E-state index in [4.69, 9.17) is 11.6 Å². The molecular weight excluding hydrogens is 282 g/mol. The number of benzene rings is 2. The second-order valence-electron chi connectivity index (χ2n) is 5.75. The molecule has 112 valence electrons. The van der Waals surface area contributed by atoms with Crippen LogP contribution in [0.2, 0.25) is 5.02 Å². The molecule has 0 fully saturated rings. The summed E-state index contributed by atoms with van der Waals surface area (Å²) in [5.41, 5.74) is 2.10. The predicted molar refractivity (Wildman–Crippen MR) is 88.6 cm³/mol. The lowest BCUT2D eigenvalue weighted by atomic mass is 9.97. The quantitative estimate of drug-likeness (QED) is 0.793. The summed E-state index contributed by atoms with van der Waals surface area (Å²) in [7, 11) is 0. The normalized spacial score (nSPS) is 12.6. The fraction of sp³-hybridized carbons (Fsp3) is 0.333. The lowest BCUT2D eigenvalue weighted by molar-refractivity contribution is 0.418. The van der Waals surface area contributed by atoms with Crippen molar-refractivity contribution in [3.63, 3.8) is 0 Å². The summed E-state index contributed by atoms with van der Waals surface area (Å²) < 4.78 is 0. The van der Waals surface area contributed by atoms with Gasteiger partial charge >= 0.3 is 0 Å². The standard InChI is InChI=1S/C18H22ClNO/c1-13(2)10-17(14-6-4-3-5-7-14)20-12-15-11-16(19)8-9-18(15)21/h3-9,11,13,17,20-21H,10,12H2,1-2H3. The van der Waals surface area contributed by atoms with Gasteiger partial charge in [0.25, 0.3) is 0 Å². The first-order valence-corrected chi connectivity index (χ1v) is 7.69. The molecule has 2 N–H and O–H groups in total. The summed E-state index contributed by atoms with van der Waals surface area (Å²) in [5.74, 6) is 0.874. The zero-order valence-electron chi connectivity index (χ0n) is 12.5. The number of halogens is 1. The molecule has 2 aromatic rings. The van der Waals surface area contributed by atoms with Crippen LogP contribution in [0.1, 0.15) is 37.4 Å². The Morgan fingerprint density at radius 2 is 1.81 bits per heavy atom. The molecule has 2 nitrogen and oxygen atoms in total. The Kier molecular flexibility index (Phi) is 5.66. The number of nitrogens with one attached hydrogen (secondary N) is 1. The number of phenols is 1. The Morgan fingerprint density at radius 1 is 1.10 bits per heavy atom. The molecule has 0 amide bonds. The Morgan fingerprint density at radius 3 is 2.48 bits per heavy atom. The van der Waals surface area contributed by atoms with Crippen LogP contribution in [0.4, 0.5) is 0 Å². The van der Waals surface area contributed by atoms with E-state index in [1.165, 1.54) is 5.56 Å². The van der Waals surface area contributed by atoms with Crippen molar-refractivity contribution in [1.82, 2.24) is 5.32 Å². The van der Waals surface area contributed by atoms with Gasteiger partial charge in [-0.3, -0.25) is 0 Å². The third-order valence-electron chi connectivity index (χ3n) is 3.49. The maximum Gasteiger partial charge on any atom is 0.120 e. The Labute approximate surface area is 131 Å². The highest BCUT2D eigenvalue weighted by Crippen LogP contribution is 2.25. The van der Waals surface area contributed by atoms with Crippen molar-refractivity contribution >= 4 is 11.6 Å². The number of rotatable bonds is 6. The van der Waals surface area contributed by atoms with Crippen molar-refractivity contribution in [2.45, 2.75) is 32.9 Å². The molecule has 21 heavy (non-hydrogen) atoms. The molecule has 0 aliphatic carbocycles. The van der Waals surface area contributed by atoms with Crippen LogP contribution < -0.4 is 5.32 Å². The minimum absolute atomic E-state index is 0.268. The molecule has 0 aliphatic rings. The van der Waals surface area contributed by atoms with Crippen LogP contribution in [-0.2, 0) is 6.54 Å². The first-order valence-electron chi connectivity index (χ1n) is 7.32. The van der Waals surface area contributed by atoms with Crippen LogP contribution in [0.15, 0.2) is 48.5 Å². The van der Waals surface area contributed by atoms with Gasteiger partial charge in [0.1, 0.15) is 5.75 Å². The summed E-state index contributed by atoms with van der Waals surface area (Å²) in [4.78, 5) is 0. The molecule has 1 unspecified atom stereocenters. The van der Waals surface area contributed by atoms with Crippen molar-refractivity contribution in [2.75, 3.05) is 0 Å². The van der Waals surface area contributed by atoms with Crippen molar-refractivity contribution in [3.05, 3.63) is 64.7 Å². The van der Waals surface area contributed by atoms with Crippen LogP contribution in [0.5, 0.6) is 5.75 Å². The lowest BCUT2D eigenvalue weighted by Crippen LogP contribution is -2.22.